The van der Waals surface area contributed by atoms with E-state index >= 15 is 0 Å². The fourth-order valence-corrected chi connectivity index (χ4v) is 0.978. The number of hydrogen-bond donors (Lipinski definition) is 1. The number of hydrogen-bond acceptors (Lipinski definition) is 3. The van der Waals surface area contributed by atoms with Gasteiger partial charge < -0.3 is 5.32 Å². The van der Waals surface area contributed by atoms with Crippen LogP contribution in [0.4, 0.5) is 0 Å². The van der Waals surface area contributed by atoms with Crippen molar-refractivity contribution in [3.63, 3.8) is 0 Å². The van der Waals surface area contributed by atoms with E-state index in [1.165, 1.54) is 0 Å². The molecule has 0 fully saturated rings. The summed E-state index contributed by atoms with van der Waals surface area (Å²) in [5.41, 5.74) is 1.10. The van der Waals surface area contributed by atoms with Crippen molar-refractivity contribution in [2.45, 2.75) is 6.04 Å². The molecule has 0 saturated heterocycles. The summed E-state index contributed by atoms with van der Waals surface area (Å²) < 4.78 is 0. The van der Waals surface area contributed by atoms with Gasteiger partial charge in [-0.1, -0.05) is 0 Å². The lowest BCUT2D eigenvalue weighted by atomic mass is 10.2. The van der Waals surface area contributed by atoms with Crippen molar-refractivity contribution in [2.75, 3.05) is 6.54 Å². The number of fused-ring (bicyclic) bond motifs is 1. The molecule has 0 aromatic heterocycles. The Labute approximate surface area is 53.2 Å². The van der Waals surface area contributed by atoms with Crippen LogP contribution in [0, 0.1) is 0 Å². The molecular formula is C6H7N3. The highest BCUT2D eigenvalue weighted by atomic mass is 15.1. The van der Waals surface area contributed by atoms with Crippen LogP contribution >= 0.6 is 0 Å². The van der Waals surface area contributed by atoms with Crippen LogP contribution < -0.4 is 5.32 Å². The zero-order chi connectivity index (χ0) is 6.10. The van der Waals surface area contributed by atoms with Gasteiger partial charge in [0.1, 0.15) is 0 Å². The van der Waals surface area contributed by atoms with Crippen LogP contribution in [0.1, 0.15) is 0 Å². The fraction of sp³-hybridized carbons (Fsp3) is 0.333. The number of allylic oxidation sites excluding steroid dienone is 1. The van der Waals surface area contributed by atoms with E-state index in [1.807, 2.05) is 6.08 Å². The normalized spacial score (nSPS) is 29.3. The van der Waals surface area contributed by atoms with E-state index in [1.54, 1.807) is 12.6 Å². The molecule has 2 aliphatic heterocycles. The number of nitrogens with one attached hydrogen (secondary N) is 1. The highest BCUT2D eigenvalue weighted by molar-refractivity contribution is 5.76. The van der Waals surface area contributed by atoms with Crippen LogP contribution in [0.3, 0.4) is 0 Å². The molecule has 0 aliphatic carbocycles. The van der Waals surface area contributed by atoms with Crippen LogP contribution in [0.2, 0.25) is 0 Å². The Morgan fingerprint density at radius 3 is 3.56 bits per heavy atom. The number of dihydropyridines is 1. The van der Waals surface area contributed by atoms with Crippen molar-refractivity contribution < 1.29 is 0 Å². The lowest BCUT2D eigenvalue weighted by Gasteiger charge is -2.09. The standard InChI is InChI=1S/C6H7N3/c1-2-7-3-6-5(1)8-4-9-6/h1-2,4,6H,3H2,(H,8,9). The zero-order valence-electron chi connectivity index (χ0n) is 4.91. The molecule has 1 unspecified atom stereocenters. The first-order valence-electron chi connectivity index (χ1n) is 2.95. The maximum atomic E-state index is 4.09. The fourth-order valence-electron chi connectivity index (χ4n) is 0.978. The molecule has 2 rings (SSSR count). The van der Waals surface area contributed by atoms with Gasteiger partial charge in [0, 0.05) is 6.21 Å². The van der Waals surface area contributed by atoms with Crippen LogP contribution in [0.15, 0.2) is 21.8 Å². The Hall–Kier alpha value is -1.12. The van der Waals surface area contributed by atoms with Crippen LogP contribution in [-0.4, -0.2) is 25.1 Å². The zero-order valence-corrected chi connectivity index (χ0v) is 4.91. The van der Waals surface area contributed by atoms with Crippen LogP contribution in [-0.2, 0) is 0 Å². The van der Waals surface area contributed by atoms with Crippen LogP contribution in [0.25, 0.3) is 0 Å². The largest absolute Gasteiger partial charge is 0.366 e. The number of nitrogens with zero attached hydrogens (tertiary/aromatic N) is 2. The van der Waals surface area contributed by atoms with Gasteiger partial charge >= 0.3 is 0 Å². The van der Waals surface area contributed by atoms with Gasteiger partial charge in [-0.3, -0.25) is 4.99 Å². The third-order valence-electron chi connectivity index (χ3n) is 1.49. The maximum absolute atomic E-state index is 4.09. The Kier molecular flexibility index (Phi) is 0.886. The predicted molar refractivity (Wildman–Crippen MR) is 36.9 cm³/mol. The summed E-state index contributed by atoms with van der Waals surface area (Å²) in [5, 5.41) is 3.08. The lowest BCUT2D eigenvalue weighted by molar-refractivity contribution is 0.728. The Balaban J connectivity index is 2.31. The van der Waals surface area contributed by atoms with Gasteiger partial charge in [0.25, 0.3) is 0 Å². The van der Waals surface area contributed by atoms with E-state index in [4.69, 9.17) is 0 Å². The first-order chi connectivity index (χ1) is 4.47. The van der Waals surface area contributed by atoms with Gasteiger partial charge in [-0.15, -0.1) is 0 Å². The number of rotatable bonds is 0. The van der Waals surface area contributed by atoms with Crippen molar-refractivity contribution in [3.8, 4) is 0 Å². The second-order valence-corrected chi connectivity index (χ2v) is 2.08. The highest BCUT2D eigenvalue weighted by Gasteiger charge is 2.16. The third-order valence-corrected chi connectivity index (χ3v) is 1.49. The molecule has 0 saturated carbocycles. The summed E-state index contributed by atoms with van der Waals surface area (Å²) in [4.78, 5) is 8.17. The summed E-state index contributed by atoms with van der Waals surface area (Å²) in [6.07, 6.45) is 5.46. The molecule has 3 nitrogen and oxygen atoms in total. The van der Waals surface area contributed by atoms with Gasteiger partial charge in [0.05, 0.1) is 24.6 Å². The average molecular weight is 121 g/mol. The summed E-state index contributed by atoms with van der Waals surface area (Å²) in [6.45, 7) is 0.825. The first kappa shape index (κ1) is 4.73. The van der Waals surface area contributed by atoms with Gasteiger partial charge in [-0.05, 0) is 6.08 Å². The van der Waals surface area contributed by atoms with Crippen molar-refractivity contribution in [3.05, 3.63) is 11.8 Å². The average Bonchev–Trinajstić information content (AvgIpc) is 2.33. The molecule has 2 aliphatic rings. The molecule has 0 radical (unpaired) electrons. The minimum Gasteiger partial charge on any atom is -0.366 e. The van der Waals surface area contributed by atoms with E-state index in [0.717, 1.165) is 12.2 Å². The summed E-state index contributed by atoms with van der Waals surface area (Å²) in [7, 11) is 0. The first-order valence-corrected chi connectivity index (χ1v) is 2.95. The smallest absolute Gasteiger partial charge is 0.0889 e. The molecule has 9 heavy (non-hydrogen) atoms. The molecule has 1 atom stereocenters. The Morgan fingerprint density at radius 2 is 2.67 bits per heavy atom. The van der Waals surface area contributed by atoms with Gasteiger partial charge in [-0.25, -0.2) is 4.99 Å². The van der Waals surface area contributed by atoms with Crippen molar-refractivity contribution in [1.29, 1.82) is 0 Å². The minimum absolute atomic E-state index is 0.356. The molecule has 2 heterocycles. The van der Waals surface area contributed by atoms with Gasteiger partial charge in [0.15, 0.2) is 0 Å². The SMILES string of the molecule is C1=NCC2NC=NC2=C1. The van der Waals surface area contributed by atoms with Gasteiger partial charge in [0.2, 0.25) is 0 Å². The second-order valence-electron chi connectivity index (χ2n) is 2.08. The molecule has 46 valence electrons. The van der Waals surface area contributed by atoms with Crippen LogP contribution in [0.5, 0.6) is 0 Å². The summed E-state index contributed by atoms with van der Waals surface area (Å²) in [6, 6.07) is 0.356. The van der Waals surface area contributed by atoms with Crippen molar-refractivity contribution in [2.24, 2.45) is 9.98 Å². The van der Waals surface area contributed by atoms with E-state index in [-0.39, 0.29) is 0 Å². The Morgan fingerprint density at radius 1 is 1.67 bits per heavy atom. The summed E-state index contributed by atoms with van der Waals surface area (Å²) in [5.74, 6) is 0. The lowest BCUT2D eigenvalue weighted by Crippen LogP contribution is -2.28. The molecule has 0 bridgehead atoms. The Bertz CT molecular complexity index is 202. The van der Waals surface area contributed by atoms with Gasteiger partial charge in [-0.2, -0.15) is 0 Å². The van der Waals surface area contributed by atoms with E-state index in [0.29, 0.717) is 6.04 Å². The number of aliphatic imine (C=N–C) groups is 2. The molecule has 0 spiro atoms. The molecule has 1 N–H and O–H groups in total. The third kappa shape index (κ3) is 0.650. The second kappa shape index (κ2) is 1.69. The predicted octanol–water partition coefficient (Wildman–Crippen LogP) is -0.0452. The molecule has 3 heteroatoms. The van der Waals surface area contributed by atoms with E-state index in [9.17, 15) is 0 Å². The van der Waals surface area contributed by atoms with E-state index < -0.39 is 0 Å². The minimum atomic E-state index is 0.356. The quantitative estimate of drug-likeness (QED) is 0.479. The van der Waals surface area contributed by atoms with Crippen molar-refractivity contribution >= 4 is 12.6 Å². The molecule has 0 aromatic carbocycles. The highest BCUT2D eigenvalue weighted by Crippen LogP contribution is 2.10. The van der Waals surface area contributed by atoms with Crippen molar-refractivity contribution in [1.82, 2.24) is 5.32 Å². The van der Waals surface area contributed by atoms with E-state index in [2.05, 4.69) is 15.3 Å². The molecular weight excluding hydrogens is 114 g/mol. The monoisotopic (exact) mass is 121 g/mol. The molecule has 0 aromatic rings. The topological polar surface area (TPSA) is 36.8 Å². The maximum Gasteiger partial charge on any atom is 0.0889 e. The molecule has 0 amide bonds. The summed E-state index contributed by atoms with van der Waals surface area (Å²) >= 11 is 0.